The van der Waals surface area contributed by atoms with E-state index in [0.717, 1.165) is 10.6 Å². The first-order chi connectivity index (χ1) is 13.0. The Kier molecular flexibility index (Phi) is 6.80. The average molecular weight is 403 g/mol. The van der Waals surface area contributed by atoms with Crippen LogP contribution in [0.15, 0.2) is 59.5 Å². The first-order valence-electron chi connectivity index (χ1n) is 9.10. The van der Waals surface area contributed by atoms with Gasteiger partial charge < -0.3 is 10.2 Å². The average Bonchev–Trinajstić information content (AvgIpc) is 2.70. The minimum Gasteiger partial charge on any atom is -0.342 e. The number of anilines is 1. The number of hydrogen-bond donors (Lipinski definition) is 1. The molecule has 27 heavy (non-hydrogen) atoms. The van der Waals surface area contributed by atoms with E-state index in [4.69, 9.17) is 11.6 Å². The van der Waals surface area contributed by atoms with Gasteiger partial charge in [0.2, 0.25) is 11.8 Å². The molecule has 2 aromatic rings. The van der Waals surface area contributed by atoms with Gasteiger partial charge in [-0.15, -0.1) is 11.8 Å². The van der Waals surface area contributed by atoms with Gasteiger partial charge in [0.1, 0.15) is 0 Å². The lowest BCUT2D eigenvalue weighted by Crippen LogP contribution is -2.44. The zero-order valence-electron chi connectivity index (χ0n) is 15.2. The number of benzene rings is 2. The fourth-order valence-corrected chi connectivity index (χ4v) is 4.23. The molecule has 0 bridgehead atoms. The Morgan fingerprint density at radius 1 is 1.07 bits per heavy atom. The highest BCUT2D eigenvalue weighted by Crippen LogP contribution is 2.27. The van der Waals surface area contributed by atoms with Gasteiger partial charge >= 0.3 is 0 Å². The molecule has 0 spiro atoms. The molecule has 142 valence electrons. The molecule has 1 N–H and O–H groups in total. The van der Waals surface area contributed by atoms with Crippen molar-refractivity contribution in [2.45, 2.75) is 29.9 Å². The fourth-order valence-electron chi connectivity index (χ4n) is 3.15. The molecule has 0 radical (unpaired) electrons. The molecule has 1 saturated heterocycles. The Hall–Kier alpha value is -1.98. The van der Waals surface area contributed by atoms with E-state index in [-0.39, 0.29) is 23.0 Å². The van der Waals surface area contributed by atoms with Crippen LogP contribution in [0.1, 0.15) is 19.8 Å². The molecular weight excluding hydrogens is 380 g/mol. The molecule has 3 rings (SSSR count). The van der Waals surface area contributed by atoms with Crippen LogP contribution in [0, 0.1) is 5.92 Å². The van der Waals surface area contributed by atoms with Gasteiger partial charge in [-0.1, -0.05) is 29.8 Å². The normalized spacial score (nSPS) is 16.0. The van der Waals surface area contributed by atoms with Gasteiger partial charge in [-0.05, 0) is 56.2 Å². The number of nitrogens with one attached hydrogen (secondary N) is 1. The second-order valence-electron chi connectivity index (χ2n) is 6.67. The molecule has 4 nitrogen and oxygen atoms in total. The highest BCUT2D eigenvalue weighted by atomic mass is 35.5. The van der Waals surface area contributed by atoms with E-state index in [1.54, 1.807) is 0 Å². The van der Waals surface area contributed by atoms with E-state index in [0.29, 0.717) is 31.0 Å². The van der Waals surface area contributed by atoms with Crippen molar-refractivity contribution in [3.8, 4) is 0 Å². The van der Waals surface area contributed by atoms with Gasteiger partial charge in [0.25, 0.3) is 0 Å². The second-order valence-corrected chi connectivity index (χ2v) is 8.52. The lowest BCUT2D eigenvalue weighted by molar-refractivity contribution is -0.133. The number of para-hydroxylation sites is 1. The maximum absolute atomic E-state index is 12.7. The fraction of sp³-hybridized carbons (Fsp3) is 0.333. The Morgan fingerprint density at radius 2 is 1.70 bits per heavy atom. The summed E-state index contributed by atoms with van der Waals surface area (Å²) >= 11 is 7.44. The highest BCUT2D eigenvalue weighted by Gasteiger charge is 2.29. The van der Waals surface area contributed by atoms with Gasteiger partial charge in [0.05, 0.1) is 5.25 Å². The molecule has 0 unspecified atom stereocenters. The number of carbonyl (C=O) groups is 2. The zero-order chi connectivity index (χ0) is 19.2. The van der Waals surface area contributed by atoms with Crippen molar-refractivity contribution < 1.29 is 9.59 Å². The van der Waals surface area contributed by atoms with Crippen LogP contribution in [-0.4, -0.2) is 35.1 Å². The van der Waals surface area contributed by atoms with Crippen LogP contribution >= 0.6 is 23.4 Å². The minimum absolute atomic E-state index is 0.0388. The Balaban J connectivity index is 1.48. The van der Waals surface area contributed by atoms with E-state index in [9.17, 15) is 9.59 Å². The molecule has 2 aromatic carbocycles. The van der Waals surface area contributed by atoms with Crippen LogP contribution < -0.4 is 5.32 Å². The number of thioether (sulfide) groups is 1. The molecule has 1 atom stereocenters. The van der Waals surface area contributed by atoms with Crippen LogP contribution in [0.5, 0.6) is 0 Å². The third-order valence-electron chi connectivity index (χ3n) is 4.69. The third kappa shape index (κ3) is 5.50. The van der Waals surface area contributed by atoms with Crippen LogP contribution in [-0.2, 0) is 9.59 Å². The second kappa shape index (κ2) is 9.29. The zero-order valence-corrected chi connectivity index (χ0v) is 16.8. The van der Waals surface area contributed by atoms with E-state index in [2.05, 4.69) is 5.32 Å². The monoisotopic (exact) mass is 402 g/mol. The number of piperidine rings is 1. The van der Waals surface area contributed by atoms with Crippen molar-refractivity contribution >= 4 is 40.9 Å². The van der Waals surface area contributed by atoms with Crippen molar-refractivity contribution in [3.63, 3.8) is 0 Å². The Labute approximate surface area is 169 Å². The van der Waals surface area contributed by atoms with Crippen molar-refractivity contribution in [1.29, 1.82) is 0 Å². The summed E-state index contributed by atoms with van der Waals surface area (Å²) in [6.07, 6.45) is 1.39. The lowest BCUT2D eigenvalue weighted by atomic mass is 9.95. The van der Waals surface area contributed by atoms with E-state index < -0.39 is 0 Å². The number of hydrogen-bond acceptors (Lipinski definition) is 3. The SMILES string of the molecule is C[C@@H](Sc1ccc(Cl)cc1)C(=O)N1CCC(C(=O)Nc2ccccc2)CC1. The molecule has 1 aliphatic heterocycles. The van der Waals surface area contributed by atoms with Gasteiger partial charge in [0, 0.05) is 34.6 Å². The Bertz CT molecular complexity index is 775. The minimum atomic E-state index is -0.166. The summed E-state index contributed by atoms with van der Waals surface area (Å²) in [5, 5.41) is 3.48. The quantitative estimate of drug-likeness (QED) is 0.737. The van der Waals surface area contributed by atoms with E-state index in [1.807, 2.05) is 66.4 Å². The number of rotatable bonds is 5. The van der Waals surface area contributed by atoms with Crippen molar-refractivity contribution in [2.24, 2.45) is 5.92 Å². The predicted molar refractivity (Wildman–Crippen MR) is 111 cm³/mol. The Morgan fingerprint density at radius 3 is 2.33 bits per heavy atom. The highest BCUT2D eigenvalue weighted by molar-refractivity contribution is 8.00. The summed E-state index contributed by atoms with van der Waals surface area (Å²) in [5.41, 5.74) is 0.814. The summed E-state index contributed by atoms with van der Waals surface area (Å²) in [5.74, 6) is 0.113. The van der Waals surface area contributed by atoms with Crippen molar-refractivity contribution in [1.82, 2.24) is 4.90 Å². The summed E-state index contributed by atoms with van der Waals surface area (Å²) < 4.78 is 0. The predicted octanol–water partition coefficient (Wildman–Crippen LogP) is 4.70. The first-order valence-corrected chi connectivity index (χ1v) is 10.4. The summed E-state index contributed by atoms with van der Waals surface area (Å²) in [4.78, 5) is 28.0. The lowest BCUT2D eigenvalue weighted by Gasteiger charge is -2.33. The van der Waals surface area contributed by atoms with Gasteiger partial charge in [-0.2, -0.15) is 0 Å². The summed E-state index contributed by atoms with van der Waals surface area (Å²) in [7, 11) is 0. The van der Waals surface area contributed by atoms with Gasteiger partial charge in [0.15, 0.2) is 0 Å². The molecular formula is C21H23ClN2O2S. The molecule has 0 aromatic heterocycles. The molecule has 2 amide bonds. The maximum Gasteiger partial charge on any atom is 0.235 e. The van der Waals surface area contributed by atoms with E-state index in [1.165, 1.54) is 11.8 Å². The molecule has 1 aliphatic rings. The molecule has 0 saturated carbocycles. The van der Waals surface area contributed by atoms with Gasteiger partial charge in [-0.25, -0.2) is 0 Å². The molecule has 6 heteroatoms. The maximum atomic E-state index is 12.7. The van der Waals surface area contributed by atoms with Gasteiger partial charge in [-0.3, -0.25) is 9.59 Å². The van der Waals surface area contributed by atoms with Crippen LogP contribution in [0.25, 0.3) is 0 Å². The van der Waals surface area contributed by atoms with Crippen molar-refractivity contribution in [3.05, 3.63) is 59.6 Å². The van der Waals surface area contributed by atoms with E-state index >= 15 is 0 Å². The largest absolute Gasteiger partial charge is 0.342 e. The molecule has 1 fully saturated rings. The van der Waals surface area contributed by atoms with Crippen LogP contribution in [0.4, 0.5) is 5.69 Å². The smallest absolute Gasteiger partial charge is 0.235 e. The summed E-state index contributed by atoms with van der Waals surface area (Å²) in [6, 6.07) is 17.0. The molecule has 1 heterocycles. The number of halogens is 1. The topological polar surface area (TPSA) is 49.4 Å². The molecule has 0 aliphatic carbocycles. The number of carbonyl (C=O) groups excluding carboxylic acids is 2. The first kappa shape index (κ1) is 19.8. The standard InChI is InChI=1S/C21H23ClN2O2S/c1-15(27-19-9-7-17(22)8-10-19)21(26)24-13-11-16(12-14-24)20(25)23-18-5-3-2-4-6-18/h2-10,15-16H,11-14H2,1H3,(H,23,25)/t15-/m1/s1. The van der Waals surface area contributed by atoms with Crippen molar-refractivity contribution in [2.75, 3.05) is 18.4 Å². The van der Waals surface area contributed by atoms with Crippen LogP contribution in [0.3, 0.4) is 0 Å². The number of nitrogens with zero attached hydrogens (tertiary/aromatic N) is 1. The number of likely N-dealkylation sites (tertiary alicyclic amines) is 1. The number of amides is 2. The third-order valence-corrected chi connectivity index (χ3v) is 6.04. The summed E-state index contributed by atoms with van der Waals surface area (Å²) in [6.45, 7) is 3.17. The van der Waals surface area contributed by atoms with Crippen LogP contribution in [0.2, 0.25) is 5.02 Å².